The minimum atomic E-state index is -0.375. The monoisotopic (exact) mass is 474 g/mol. The Balaban J connectivity index is 1.51. The number of carbonyl (C=O) groups excluding carboxylic acids is 2. The van der Waals surface area contributed by atoms with Crippen LogP contribution in [0.5, 0.6) is 5.75 Å². The largest absolute Gasteiger partial charge is 0.489 e. The number of thioether (sulfide) groups is 1. The molecule has 33 heavy (non-hydrogen) atoms. The first-order chi connectivity index (χ1) is 16.0. The second kappa shape index (κ2) is 9.17. The van der Waals surface area contributed by atoms with Crippen molar-refractivity contribution in [1.29, 1.82) is 0 Å². The van der Waals surface area contributed by atoms with Gasteiger partial charge >= 0.3 is 0 Å². The van der Waals surface area contributed by atoms with E-state index >= 15 is 0 Å². The topological polar surface area (TPSA) is 60.3 Å². The van der Waals surface area contributed by atoms with Gasteiger partial charge in [-0.1, -0.05) is 54.1 Å². The van der Waals surface area contributed by atoms with Gasteiger partial charge in [0.1, 0.15) is 12.4 Å². The number of nitrogens with one attached hydrogen (secondary N) is 1. The average molecular weight is 475 g/mol. The maximum Gasteiger partial charge on any atom is 0.290 e. The number of imide groups is 1. The highest BCUT2D eigenvalue weighted by Gasteiger charge is 2.25. The Bertz CT molecular complexity index is 1380. The van der Waals surface area contributed by atoms with E-state index in [9.17, 15) is 9.59 Å². The van der Waals surface area contributed by atoms with Crippen molar-refractivity contribution in [2.24, 2.45) is 0 Å². The van der Waals surface area contributed by atoms with Gasteiger partial charge in [-0.25, -0.2) is 0 Å². The Morgan fingerprint density at radius 2 is 1.73 bits per heavy atom. The highest BCUT2D eigenvalue weighted by Crippen LogP contribution is 2.31. The minimum absolute atomic E-state index is 0.358. The molecule has 0 aliphatic carbocycles. The summed E-state index contributed by atoms with van der Waals surface area (Å²) in [7, 11) is 0. The predicted octanol–water partition coefficient (Wildman–Crippen LogP) is 6.25. The zero-order valence-electron chi connectivity index (χ0n) is 17.5. The lowest BCUT2D eigenvalue weighted by Gasteiger charge is -2.10. The highest BCUT2D eigenvalue weighted by molar-refractivity contribution is 8.18. The molecular weight excluding hydrogens is 456 g/mol. The molecule has 7 heteroatoms. The smallest absolute Gasteiger partial charge is 0.290 e. The molecule has 2 heterocycles. The van der Waals surface area contributed by atoms with Crippen LogP contribution in [0.1, 0.15) is 16.8 Å². The molecule has 5 rings (SSSR count). The first-order valence-corrected chi connectivity index (χ1v) is 11.5. The van der Waals surface area contributed by atoms with Crippen molar-refractivity contribution in [1.82, 2.24) is 9.88 Å². The van der Waals surface area contributed by atoms with Gasteiger partial charge < -0.3 is 9.30 Å². The standard InChI is InChI=1S/C26H19ClN2O3S/c27-20-8-6-17(7-9-20)15-29-21(14-24-25(30)28-26(31)33-24)12-19-13-22(10-11-23(19)29)32-16-18-4-2-1-3-5-18/h1-14H,15-16H2,(H,28,30,31). The average Bonchev–Trinajstić information content (AvgIpc) is 3.32. The van der Waals surface area contributed by atoms with Crippen LogP contribution in [0, 0.1) is 0 Å². The summed E-state index contributed by atoms with van der Waals surface area (Å²) in [5.74, 6) is 0.387. The first-order valence-electron chi connectivity index (χ1n) is 10.3. The number of halogens is 1. The van der Waals surface area contributed by atoms with Crippen LogP contribution in [0.4, 0.5) is 4.79 Å². The second-order valence-electron chi connectivity index (χ2n) is 7.63. The van der Waals surface area contributed by atoms with E-state index in [-0.39, 0.29) is 11.1 Å². The third-order valence-electron chi connectivity index (χ3n) is 5.33. The van der Waals surface area contributed by atoms with Crippen LogP contribution in [-0.4, -0.2) is 15.7 Å². The molecule has 164 valence electrons. The summed E-state index contributed by atoms with van der Waals surface area (Å²) in [5.41, 5.74) is 3.99. The van der Waals surface area contributed by atoms with Crippen molar-refractivity contribution in [2.45, 2.75) is 13.2 Å². The van der Waals surface area contributed by atoms with Crippen molar-refractivity contribution in [3.63, 3.8) is 0 Å². The molecule has 0 atom stereocenters. The molecule has 0 bridgehead atoms. The highest BCUT2D eigenvalue weighted by atomic mass is 35.5. The number of fused-ring (bicyclic) bond motifs is 1. The van der Waals surface area contributed by atoms with E-state index in [1.54, 1.807) is 6.08 Å². The number of hydrogen-bond donors (Lipinski definition) is 1. The van der Waals surface area contributed by atoms with Crippen LogP contribution in [0.15, 0.2) is 83.8 Å². The van der Waals surface area contributed by atoms with E-state index in [0.29, 0.717) is 23.1 Å². The molecular formula is C26H19ClN2O3S. The number of hydrogen-bond acceptors (Lipinski definition) is 4. The number of ether oxygens (including phenoxy) is 1. The van der Waals surface area contributed by atoms with Gasteiger partial charge in [0.05, 0.1) is 4.91 Å². The van der Waals surface area contributed by atoms with Crippen molar-refractivity contribution in [3.05, 3.63) is 106 Å². The van der Waals surface area contributed by atoms with E-state index in [1.165, 1.54) is 0 Å². The summed E-state index contributed by atoms with van der Waals surface area (Å²) in [4.78, 5) is 24.1. The summed E-state index contributed by atoms with van der Waals surface area (Å²) in [6.45, 7) is 1.07. The fraction of sp³-hybridized carbons (Fsp3) is 0.0769. The number of aromatic nitrogens is 1. The van der Waals surface area contributed by atoms with Crippen molar-refractivity contribution < 1.29 is 14.3 Å². The van der Waals surface area contributed by atoms with Crippen molar-refractivity contribution in [2.75, 3.05) is 0 Å². The number of carbonyl (C=O) groups is 2. The third kappa shape index (κ3) is 4.82. The summed E-state index contributed by atoms with van der Waals surface area (Å²) in [6.07, 6.45) is 1.76. The van der Waals surface area contributed by atoms with E-state index in [0.717, 1.165) is 45.2 Å². The molecule has 1 fully saturated rings. The summed E-state index contributed by atoms with van der Waals surface area (Å²) < 4.78 is 8.11. The Morgan fingerprint density at radius 1 is 0.939 bits per heavy atom. The van der Waals surface area contributed by atoms with Crippen molar-refractivity contribution >= 4 is 51.5 Å². The molecule has 1 aromatic heterocycles. The normalized spacial score (nSPS) is 14.8. The first kappa shape index (κ1) is 21.4. The zero-order chi connectivity index (χ0) is 22.8. The maximum atomic E-state index is 12.1. The number of amides is 2. The molecule has 0 radical (unpaired) electrons. The van der Waals surface area contributed by atoms with E-state index < -0.39 is 0 Å². The van der Waals surface area contributed by atoms with E-state index in [4.69, 9.17) is 16.3 Å². The quantitative estimate of drug-likeness (QED) is 0.336. The molecule has 0 saturated carbocycles. The molecule has 1 saturated heterocycles. The summed E-state index contributed by atoms with van der Waals surface area (Å²) >= 11 is 6.96. The van der Waals surface area contributed by atoms with Gasteiger partial charge in [-0.3, -0.25) is 14.9 Å². The van der Waals surface area contributed by atoms with Gasteiger partial charge in [-0.2, -0.15) is 0 Å². The number of rotatable bonds is 6. The lowest BCUT2D eigenvalue weighted by molar-refractivity contribution is -0.115. The van der Waals surface area contributed by atoms with Crippen LogP contribution < -0.4 is 10.1 Å². The lowest BCUT2D eigenvalue weighted by atomic mass is 10.2. The Labute approximate surface area is 200 Å². The molecule has 2 amide bonds. The number of nitrogens with zero attached hydrogens (tertiary/aromatic N) is 1. The van der Waals surface area contributed by atoms with Gasteiger partial charge in [0.25, 0.3) is 11.1 Å². The molecule has 5 nitrogen and oxygen atoms in total. The molecule has 4 aromatic rings. The van der Waals surface area contributed by atoms with Crippen molar-refractivity contribution in [3.8, 4) is 5.75 Å². The molecule has 1 aliphatic heterocycles. The molecule has 0 spiro atoms. The van der Waals surface area contributed by atoms with Gasteiger partial charge in [-0.15, -0.1) is 0 Å². The zero-order valence-corrected chi connectivity index (χ0v) is 19.0. The second-order valence-corrected chi connectivity index (χ2v) is 9.08. The maximum absolute atomic E-state index is 12.1. The Morgan fingerprint density at radius 3 is 2.45 bits per heavy atom. The molecule has 0 unspecified atom stereocenters. The van der Waals surface area contributed by atoms with Gasteiger partial charge in [0, 0.05) is 28.2 Å². The lowest BCUT2D eigenvalue weighted by Crippen LogP contribution is -2.17. The number of benzene rings is 3. The molecule has 1 aliphatic rings. The van der Waals surface area contributed by atoms with Gasteiger partial charge in [0.15, 0.2) is 0 Å². The van der Waals surface area contributed by atoms with Crippen LogP contribution in [0.25, 0.3) is 17.0 Å². The Kier molecular flexibility index (Phi) is 5.94. The van der Waals surface area contributed by atoms with Gasteiger partial charge in [-0.05, 0) is 65.4 Å². The summed E-state index contributed by atoms with van der Waals surface area (Å²) in [5, 5.41) is 3.61. The fourth-order valence-electron chi connectivity index (χ4n) is 3.72. The predicted molar refractivity (Wildman–Crippen MR) is 132 cm³/mol. The van der Waals surface area contributed by atoms with Crippen LogP contribution >= 0.6 is 23.4 Å². The van der Waals surface area contributed by atoms with E-state index in [2.05, 4.69) is 9.88 Å². The molecule has 1 N–H and O–H groups in total. The van der Waals surface area contributed by atoms with E-state index in [1.807, 2.05) is 78.9 Å². The SMILES string of the molecule is O=C1NC(=O)C(=Cc2cc3cc(OCc4ccccc4)ccc3n2Cc2ccc(Cl)cc2)S1. The van der Waals surface area contributed by atoms with Crippen LogP contribution in [0.2, 0.25) is 5.02 Å². The summed E-state index contributed by atoms with van der Waals surface area (Å²) in [6, 6.07) is 25.6. The minimum Gasteiger partial charge on any atom is -0.489 e. The van der Waals surface area contributed by atoms with Gasteiger partial charge in [0.2, 0.25) is 0 Å². The van der Waals surface area contributed by atoms with Crippen LogP contribution in [-0.2, 0) is 17.9 Å². The third-order valence-corrected chi connectivity index (χ3v) is 6.39. The fourth-order valence-corrected chi connectivity index (χ4v) is 4.52. The van der Waals surface area contributed by atoms with Crippen LogP contribution in [0.3, 0.4) is 0 Å². The molecule has 3 aromatic carbocycles. The Hall–Kier alpha value is -3.48.